The van der Waals surface area contributed by atoms with E-state index < -0.39 is 59.5 Å². The second-order valence-corrected chi connectivity index (χ2v) is 6.60. The molecule has 25 heavy (non-hydrogen) atoms. The minimum absolute atomic E-state index is 0.0442. The minimum atomic E-state index is -1.58. The molecule has 1 aliphatic carbocycles. The first-order valence-corrected chi connectivity index (χ1v) is 7.80. The summed E-state index contributed by atoms with van der Waals surface area (Å²) in [6.07, 6.45) is 3.66. The van der Waals surface area contributed by atoms with Crippen LogP contribution in [-0.4, -0.2) is 13.1 Å². The van der Waals surface area contributed by atoms with Crippen LogP contribution < -0.4 is 0 Å². The van der Waals surface area contributed by atoms with Crippen molar-refractivity contribution in [1.29, 1.82) is 0 Å². The van der Waals surface area contributed by atoms with E-state index in [4.69, 9.17) is 4.74 Å². The van der Waals surface area contributed by atoms with Gasteiger partial charge in [-0.25, -0.2) is 17.6 Å². The Hall–Kier alpha value is -1.89. The van der Waals surface area contributed by atoms with Gasteiger partial charge in [0.1, 0.15) is 6.61 Å². The number of carbonyl (C=O) groups is 1. The van der Waals surface area contributed by atoms with Crippen LogP contribution >= 0.6 is 0 Å². The van der Waals surface area contributed by atoms with Crippen LogP contribution in [0.5, 0.6) is 0 Å². The number of ether oxygens (including phenoxy) is 2. The van der Waals surface area contributed by atoms with Gasteiger partial charge < -0.3 is 9.47 Å². The lowest BCUT2D eigenvalue weighted by Gasteiger charge is -2.12. The molecule has 0 aromatic heterocycles. The lowest BCUT2D eigenvalue weighted by Crippen LogP contribution is -2.15. The van der Waals surface area contributed by atoms with Gasteiger partial charge in [0.2, 0.25) is 0 Å². The third-order valence-electron chi connectivity index (χ3n) is 4.66. The molecule has 7 heteroatoms. The summed E-state index contributed by atoms with van der Waals surface area (Å²) in [6.45, 7) is 4.04. The van der Waals surface area contributed by atoms with Crippen LogP contribution in [-0.2, 0) is 27.5 Å². The molecular weight excluding hydrogens is 340 g/mol. The first-order valence-electron chi connectivity index (χ1n) is 7.80. The maximum Gasteiger partial charge on any atom is 0.310 e. The number of hydrogen-bond donors (Lipinski definition) is 0. The summed E-state index contributed by atoms with van der Waals surface area (Å²) < 4.78 is 65.2. The van der Waals surface area contributed by atoms with E-state index in [-0.39, 0.29) is 11.3 Å². The number of hydrogen-bond acceptors (Lipinski definition) is 3. The predicted octanol–water partition coefficient (Wildman–Crippen LogP) is 4.28. The number of carbonyl (C=O) groups excluding carboxylic acids is 1. The summed E-state index contributed by atoms with van der Waals surface area (Å²) in [5.74, 6) is -7.43. The molecule has 1 saturated carbocycles. The van der Waals surface area contributed by atoms with Crippen molar-refractivity contribution >= 4 is 5.97 Å². The van der Waals surface area contributed by atoms with Gasteiger partial charge in [0.25, 0.3) is 0 Å². The quantitative estimate of drug-likeness (QED) is 0.329. The number of benzene rings is 1. The smallest absolute Gasteiger partial charge is 0.310 e. The Bertz CT molecular complexity index is 684. The van der Waals surface area contributed by atoms with Gasteiger partial charge in [-0.3, -0.25) is 4.79 Å². The predicted molar refractivity (Wildman–Crippen MR) is 82.4 cm³/mol. The van der Waals surface area contributed by atoms with Crippen LogP contribution in [0.1, 0.15) is 31.9 Å². The summed E-state index contributed by atoms with van der Waals surface area (Å²) in [5.41, 5.74) is -2.13. The minimum Gasteiger partial charge on any atom is -0.460 e. The Labute approximate surface area is 143 Å². The van der Waals surface area contributed by atoms with Crippen molar-refractivity contribution in [3.8, 4) is 0 Å². The molecule has 138 valence electrons. The zero-order chi connectivity index (χ0) is 18.9. The molecule has 0 spiro atoms. The summed E-state index contributed by atoms with van der Waals surface area (Å²) in [7, 11) is 1.14. The highest BCUT2D eigenvalue weighted by atomic mass is 19.2. The van der Waals surface area contributed by atoms with E-state index in [1.54, 1.807) is 6.08 Å². The lowest BCUT2D eigenvalue weighted by atomic mass is 10.1. The van der Waals surface area contributed by atoms with Crippen molar-refractivity contribution in [2.45, 2.75) is 34.0 Å². The third kappa shape index (κ3) is 3.42. The molecule has 2 rings (SSSR count). The monoisotopic (exact) mass is 360 g/mol. The molecule has 0 heterocycles. The van der Waals surface area contributed by atoms with Crippen molar-refractivity contribution < 1.29 is 31.8 Å². The van der Waals surface area contributed by atoms with Crippen molar-refractivity contribution in [3.63, 3.8) is 0 Å². The highest BCUT2D eigenvalue weighted by Gasteiger charge is 2.61. The van der Waals surface area contributed by atoms with Crippen LogP contribution in [0.15, 0.2) is 12.2 Å². The Morgan fingerprint density at radius 2 is 1.52 bits per heavy atom. The van der Waals surface area contributed by atoms with Gasteiger partial charge in [-0.05, 0) is 18.3 Å². The highest BCUT2D eigenvalue weighted by Crippen LogP contribution is 2.59. The standard InChI is InChI=1S/C18H20F4O3/c1-5-6-11-12(18(11,2)3)17(23)25-8-10-15(21)13(19)9(7-24-4)14(20)16(10)22/h5-6,11-12H,7-8H2,1-4H3/t11-,12+/m1/s1. The first-order chi connectivity index (χ1) is 11.7. The Kier molecular flexibility index (Phi) is 5.56. The molecule has 0 amide bonds. The first kappa shape index (κ1) is 19.4. The van der Waals surface area contributed by atoms with E-state index in [0.717, 1.165) is 7.11 Å². The van der Waals surface area contributed by atoms with E-state index in [1.807, 2.05) is 26.8 Å². The van der Waals surface area contributed by atoms with Crippen LogP contribution in [0.2, 0.25) is 0 Å². The molecule has 0 radical (unpaired) electrons. The average Bonchev–Trinajstić information content (AvgIpc) is 3.10. The van der Waals surface area contributed by atoms with E-state index in [0.29, 0.717) is 0 Å². The number of halogens is 4. The van der Waals surface area contributed by atoms with E-state index >= 15 is 0 Å². The van der Waals surface area contributed by atoms with Crippen molar-refractivity contribution in [2.24, 2.45) is 17.3 Å². The molecule has 2 atom stereocenters. The second-order valence-electron chi connectivity index (χ2n) is 6.60. The van der Waals surface area contributed by atoms with Crippen molar-refractivity contribution in [3.05, 3.63) is 46.5 Å². The number of methoxy groups -OCH3 is 1. The highest BCUT2D eigenvalue weighted by molar-refractivity contribution is 5.78. The van der Waals surface area contributed by atoms with Crippen LogP contribution in [0.25, 0.3) is 0 Å². The normalized spacial score (nSPS) is 21.6. The number of allylic oxidation sites excluding steroid dienone is 2. The zero-order valence-electron chi connectivity index (χ0n) is 14.5. The summed E-state index contributed by atoms with van der Waals surface area (Å²) in [5, 5.41) is 0. The molecule has 1 fully saturated rings. The van der Waals surface area contributed by atoms with Gasteiger partial charge in [0, 0.05) is 7.11 Å². The Morgan fingerprint density at radius 1 is 1.04 bits per heavy atom. The van der Waals surface area contributed by atoms with Gasteiger partial charge in [-0.15, -0.1) is 0 Å². The van der Waals surface area contributed by atoms with Gasteiger partial charge in [-0.1, -0.05) is 26.0 Å². The second kappa shape index (κ2) is 7.15. The molecule has 1 aromatic carbocycles. The summed E-state index contributed by atoms with van der Waals surface area (Å²) in [6, 6.07) is 0. The Morgan fingerprint density at radius 3 is 1.96 bits per heavy atom. The molecule has 0 bridgehead atoms. The van der Waals surface area contributed by atoms with Gasteiger partial charge in [0.05, 0.1) is 23.7 Å². The van der Waals surface area contributed by atoms with Gasteiger partial charge >= 0.3 is 5.97 Å². The molecule has 1 aromatic rings. The number of esters is 1. The van der Waals surface area contributed by atoms with Crippen LogP contribution in [0, 0.1) is 40.5 Å². The van der Waals surface area contributed by atoms with Gasteiger partial charge in [0.15, 0.2) is 23.3 Å². The molecular formula is C18H20F4O3. The summed E-state index contributed by atoms with van der Waals surface area (Å²) in [4.78, 5) is 12.1. The average molecular weight is 360 g/mol. The van der Waals surface area contributed by atoms with Crippen LogP contribution in [0.4, 0.5) is 17.6 Å². The number of rotatable bonds is 6. The van der Waals surface area contributed by atoms with Crippen molar-refractivity contribution in [1.82, 2.24) is 0 Å². The fourth-order valence-corrected chi connectivity index (χ4v) is 3.05. The molecule has 1 aliphatic rings. The molecule has 3 nitrogen and oxygen atoms in total. The fraction of sp³-hybridized carbons (Fsp3) is 0.500. The molecule has 0 saturated heterocycles. The fourth-order valence-electron chi connectivity index (χ4n) is 3.05. The maximum absolute atomic E-state index is 14.0. The lowest BCUT2D eigenvalue weighted by molar-refractivity contribution is -0.147. The molecule has 0 unspecified atom stereocenters. The summed E-state index contributed by atoms with van der Waals surface area (Å²) >= 11 is 0. The third-order valence-corrected chi connectivity index (χ3v) is 4.66. The molecule has 0 aliphatic heterocycles. The SMILES string of the molecule is CC=C[C@@H]1[C@@H](C(=O)OCc2c(F)c(F)c(COC)c(F)c2F)C1(C)C. The van der Waals surface area contributed by atoms with E-state index in [2.05, 4.69) is 4.74 Å². The zero-order valence-corrected chi connectivity index (χ0v) is 14.5. The van der Waals surface area contributed by atoms with Crippen LogP contribution in [0.3, 0.4) is 0 Å². The topological polar surface area (TPSA) is 35.5 Å². The van der Waals surface area contributed by atoms with E-state index in [9.17, 15) is 22.4 Å². The van der Waals surface area contributed by atoms with Crippen molar-refractivity contribution in [2.75, 3.05) is 7.11 Å². The van der Waals surface area contributed by atoms with Gasteiger partial charge in [-0.2, -0.15) is 0 Å². The Balaban J connectivity index is 2.18. The van der Waals surface area contributed by atoms with E-state index in [1.165, 1.54) is 0 Å². The molecule has 0 N–H and O–H groups in total. The largest absolute Gasteiger partial charge is 0.460 e. The maximum atomic E-state index is 14.0.